The summed E-state index contributed by atoms with van der Waals surface area (Å²) < 4.78 is 0. The fourth-order valence-electron chi connectivity index (χ4n) is 3.44. The SMILES string of the molecule is NC(C(=O)NC1C(=O)N2C(C(=O)O)=C(CSc3cn[nH]n3)CS[C@H]12)c1ccc(CO)cc1.[Na]. The van der Waals surface area contributed by atoms with Crippen molar-refractivity contribution in [2.45, 2.75) is 29.1 Å². The molecule has 2 aliphatic rings. The second-order valence-electron chi connectivity index (χ2n) is 7.13. The van der Waals surface area contributed by atoms with E-state index in [0.29, 0.717) is 33.2 Å². The number of carbonyl (C=O) groups is 3. The van der Waals surface area contributed by atoms with Gasteiger partial charge in [0.1, 0.15) is 28.2 Å². The van der Waals surface area contributed by atoms with Crippen molar-refractivity contribution in [1.82, 2.24) is 25.6 Å². The Bertz CT molecular complexity index is 1070. The molecular formula is C19H20N6NaO5S2. The number of aromatic nitrogens is 3. The molecule has 14 heteroatoms. The van der Waals surface area contributed by atoms with Gasteiger partial charge < -0.3 is 21.3 Å². The Labute approximate surface area is 219 Å². The third kappa shape index (κ3) is 5.29. The number of β-lactam (4-membered cyclic amide) rings is 1. The number of amides is 2. The summed E-state index contributed by atoms with van der Waals surface area (Å²) in [5, 5.41) is 31.7. The summed E-state index contributed by atoms with van der Waals surface area (Å²) in [6.07, 6.45) is 1.53. The number of aromatic amines is 1. The molecule has 0 saturated carbocycles. The number of hydrogen-bond acceptors (Lipinski definition) is 9. The van der Waals surface area contributed by atoms with Gasteiger partial charge in [0.15, 0.2) is 0 Å². The molecule has 0 aliphatic carbocycles. The fraction of sp³-hybridized carbons (Fsp3) is 0.316. The van der Waals surface area contributed by atoms with Gasteiger partial charge in [-0.1, -0.05) is 36.0 Å². The molecule has 1 radical (unpaired) electrons. The van der Waals surface area contributed by atoms with Crippen molar-refractivity contribution in [3.8, 4) is 0 Å². The minimum absolute atomic E-state index is 0. The van der Waals surface area contributed by atoms with E-state index in [9.17, 15) is 19.5 Å². The molecule has 0 spiro atoms. The van der Waals surface area contributed by atoms with Gasteiger partial charge in [0.05, 0.1) is 12.8 Å². The molecule has 3 atom stereocenters. The van der Waals surface area contributed by atoms with Crippen LogP contribution in [0.2, 0.25) is 0 Å². The molecule has 1 aromatic heterocycles. The number of aliphatic hydroxyl groups excluding tert-OH is 1. The number of hydrogen-bond donors (Lipinski definition) is 5. The zero-order valence-electron chi connectivity index (χ0n) is 17.6. The van der Waals surface area contributed by atoms with Crippen LogP contribution >= 0.6 is 23.5 Å². The standard InChI is InChI=1S/C19H20N6O5S2.Na/c20-13(10-3-1-9(6-26)2-4-10)16(27)22-14-17(28)25-15(19(29)30)11(8-32-18(14)25)7-31-12-5-21-24-23-12;/h1-5,13-14,18,26H,6-8,20H2,(H,22,27)(H,29,30)(H,21,23,24);/t13?,14?,18-;/m1./s1. The van der Waals surface area contributed by atoms with E-state index in [2.05, 4.69) is 20.7 Å². The van der Waals surface area contributed by atoms with Crippen molar-refractivity contribution in [3.05, 3.63) is 52.9 Å². The van der Waals surface area contributed by atoms with Gasteiger partial charge in [-0.15, -0.1) is 16.9 Å². The summed E-state index contributed by atoms with van der Waals surface area (Å²) in [5.74, 6) is -1.45. The van der Waals surface area contributed by atoms with Gasteiger partial charge in [-0.2, -0.15) is 10.3 Å². The predicted octanol–water partition coefficient (Wildman–Crippen LogP) is -0.553. The van der Waals surface area contributed by atoms with E-state index in [1.54, 1.807) is 24.3 Å². The van der Waals surface area contributed by atoms with Crippen molar-refractivity contribution < 1.29 is 24.6 Å². The first-order valence-corrected chi connectivity index (χ1v) is 11.6. The van der Waals surface area contributed by atoms with Crippen LogP contribution in [0.3, 0.4) is 0 Å². The summed E-state index contributed by atoms with van der Waals surface area (Å²) in [6.45, 7) is -0.120. The Hall–Kier alpha value is -1.87. The van der Waals surface area contributed by atoms with Crippen LogP contribution in [0, 0.1) is 0 Å². The van der Waals surface area contributed by atoms with E-state index in [4.69, 9.17) is 10.8 Å². The minimum Gasteiger partial charge on any atom is -0.477 e. The van der Waals surface area contributed by atoms with Crippen molar-refractivity contribution >= 4 is 70.9 Å². The number of aliphatic hydroxyl groups is 1. The number of thioether (sulfide) groups is 2. The van der Waals surface area contributed by atoms with Gasteiger partial charge in [-0.05, 0) is 16.7 Å². The van der Waals surface area contributed by atoms with Gasteiger partial charge in [0.2, 0.25) is 5.91 Å². The van der Waals surface area contributed by atoms with E-state index in [1.807, 2.05) is 0 Å². The molecule has 2 amide bonds. The van der Waals surface area contributed by atoms with E-state index in [1.165, 1.54) is 34.6 Å². The number of nitrogens with zero attached hydrogens (tertiary/aromatic N) is 3. The monoisotopic (exact) mass is 499 g/mol. The number of benzene rings is 1. The third-order valence-corrected chi connectivity index (χ3v) is 7.46. The van der Waals surface area contributed by atoms with Crippen LogP contribution < -0.4 is 11.1 Å². The van der Waals surface area contributed by atoms with Gasteiger partial charge >= 0.3 is 5.97 Å². The number of carboxylic acids is 1. The maximum atomic E-state index is 12.8. The summed E-state index contributed by atoms with van der Waals surface area (Å²) in [5.41, 5.74) is 7.81. The Morgan fingerprint density at radius 3 is 2.70 bits per heavy atom. The summed E-state index contributed by atoms with van der Waals surface area (Å²) >= 11 is 2.71. The first-order chi connectivity index (χ1) is 15.4. The van der Waals surface area contributed by atoms with Crippen molar-refractivity contribution in [1.29, 1.82) is 0 Å². The number of carboxylic acid groups (broad SMARTS) is 1. The number of carbonyl (C=O) groups excluding carboxylic acids is 2. The fourth-order valence-corrected chi connectivity index (χ4v) is 5.71. The molecule has 3 heterocycles. The van der Waals surface area contributed by atoms with Gasteiger partial charge in [-0.3, -0.25) is 14.5 Å². The van der Waals surface area contributed by atoms with E-state index in [-0.39, 0.29) is 41.9 Å². The normalized spacial score (nSPS) is 20.4. The molecule has 1 aromatic carbocycles. The van der Waals surface area contributed by atoms with Gasteiger partial charge in [0, 0.05) is 41.1 Å². The Morgan fingerprint density at radius 2 is 2.09 bits per heavy atom. The molecule has 33 heavy (non-hydrogen) atoms. The summed E-state index contributed by atoms with van der Waals surface area (Å²) in [4.78, 5) is 38.5. The van der Waals surface area contributed by atoms with Crippen LogP contribution in [0.5, 0.6) is 0 Å². The molecule has 1 saturated heterocycles. The Morgan fingerprint density at radius 1 is 1.36 bits per heavy atom. The average molecular weight is 500 g/mol. The number of fused-ring (bicyclic) bond motifs is 1. The number of nitrogens with one attached hydrogen (secondary N) is 2. The van der Waals surface area contributed by atoms with Crippen LogP contribution in [-0.2, 0) is 21.0 Å². The first kappa shape index (κ1) is 25.7. The van der Waals surface area contributed by atoms with E-state index in [0.717, 1.165) is 0 Å². The van der Waals surface area contributed by atoms with E-state index < -0.39 is 35.2 Å². The molecule has 0 bridgehead atoms. The first-order valence-electron chi connectivity index (χ1n) is 9.55. The van der Waals surface area contributed by atoms with Gasteiger partial charge in [0.25, 0.3) is 5.91 Å². The van der Waals surface area contributed by atoms with Crippen molar-refractivity contribution in [3.63, 3.8) is 0 Å². The maximum Gasteiger partial charge on any atom is 0.352 e. The van der Waals surface area contributed by atoms with Crippen molar-refractivity contribution in [2.75, 3.05) is 11.5 Å². The average Bonchev–Trinajstić information content (AvgIpc) is 3.33. The number of aliphatic carboxylic acids is 1. The molecule has 169 valence electrons. The molecule has 4 rings (SSSR count). The largest absolute Gasteiger partial charge is 0.477 e. The smallest absolute Gasteiger partial charge is 0.352 e. The molecule has 2 aromatic rings. The van der Waals surface area contributed by atoms with Crippen LogP contribution in [0.25, 0.3) is 0 Å². The Kier molecular flexibility index (Phi) is 8.61. The zero-order valence-corrected chi connectivity index (χ0v) is 21.2. The van der Waals surface area contributed by atoms with Crippen LogP contribution in [-0.4, -0.2) is 101 Å². The predicted molar refractivity (Wildman–Crippen MR) is 122 cm³/mol. The molecule has 2 unspecified atom stereocenters. The molecule has 1 fully saturated rings. The zero-order chi connectivity index (χ0) is 22.8. The number of nitrogens with two attached hydrogens (primary N) is 1. The number of rotatable bonds is 8. The molecule has 6 N–H and O–H groups in total. The molecular weight excluding hydrogens is 479 g/mol. The minimum atomic E-state index is -1.19. The van der Waals surface area contributed by atoms with Gasteiger partial charge in [-0.25, -0.2) is 4.79 Å². The summed E-state index contributed by atoms with van der Waals surface area (Å²) in [7, 11) is 0. The maximum absolute atomic E-state index is 12.8. The van der Waals surface area contributed by atoms with Crippen LogP contribution in [0.1, 0.15) is 17.2 Å². The Balaban J connectivity index is 0.00000306. The molecule has 11 nitrogen and oxygen atoms in total. The second-order valence-corrected chi connectivity index (χ2v) is 9.23. The summed E-state index contributed by atoms with van der Waals surface area (Å²) in [6, 6.07) is 4.77. The van der Waals surface area contributed by atoms with E-state index >= 15 is 0 Å². The quantitative estimate of drug-likeness (QED) is 0.180. The second kappa shape index (κ2) is 11.0. The third-order valence-electron chi connectivity index (χ3n) is 5.14. The van der Waals surface area contributed by atoms with Crippen LogP contribution in [0.15, 0.2) is 46.8 Å². The van der Waals surface area contributed by atoms with Crippen LogP contribution in [0.4, 0.5) is 0 Å². The molecule has 2 aliphatic heterocycles. The van der Waals surface area contributed by atoms with Crippen molar-refractivity contribution in [2.24, 2.45) is 5.73 Å². The topological polar surface area (TPSA) is 175 Å². The number of H-pyrrole nitrogens is 1.